The third-order valence-electron chi connectivity index (χ3n) is 7.75. The molecule has 0 radical (unpaired) electrons. The van der Waals surface area contributed by atoms with Gasteiger partial charge < -0.3 is 29.1 Å². The van der Waals surface area contributed by atoms with Gasteiger partial charge in [0, 0.05) is 50.9 Å². The molecular weight excluding hydrogens is 532 g/mol. The summed E-state index contributed by atoms with van der Waals surface area (Å²) in [6.45, 7) is 9.80. The molecule has 1 saturated heterocycles. The lowest BCUT2D eigenvalue weighted by Crippen LogP contribution is -2.52. The molecule has 10 heteroatoms. The van der Waals surface area contributed by atoms with Gasteiger partial charge in [-0.25, -0.2) is 0 Å². The first kappa shape index (κ1) is 30.8. The van der Waals surface area contributed by atoms with Crippen LogP contribution in [0.4, 0.5) is 5.82 Å². The molecule has 0 atom stereocenters. The Morgan fingerprint density at radius 2 is 1.60 bits per heavy atom. The highest BCUT2D eigenvalue weighted by Gasteiger charge is 2.26. The smallest absolute Gasteiger partial charge is 0.242 e. The largest absolute Gasteiger partial charge is 0.497 e. The van der Waals surface area contributed by atoms with Gasteiger partial charge >= 0.3 is 0 Å². The quantitative estimate of drug-likeness (QED) is 0.307. The number of rotatable bonds is 13. The first-order valence-corrected chi connectivity index (χ1v) is 14.6. The number of piperazine rings is 1. The van der Waals surface area contributed by atoms with Crippen molar-refractivity contribution in [3.63, 3.8) is 0 Å². The van der Waals surface area contributed by atoms with Gasteiger partial charge in [-0.3, -0.25) is 9.59 Å². The second-order valence-corrected chi connectivity index (χ2v) is 10.2. The molecule has 224 valence electrons. The van der Waals surface area contributed by atoms with Gasteiger partial charge in [0.15, 0.2) is 5.82 Å². The van der Waals surface area contributed by atoms with Gasteiger partial charge in [-0.05, 0) is 42.9 Å². The molecule has 0 bridgehead atoms. The van der Waals surface area contributed by atoms with Gasteiger partial charge in [-0.2, -0.15) is 0 Å². The van der Waals surface area contributed by atoms with Crippen LogP contribution in [0.15, 0.2) is 60.7 Å². The van der Waals surface area contributed by atoms with Crippen molar-refractivity contribution in [1.29, 1.82) is 0 Å². The average molecular weight is 575 g/mol. The Labute approximate surface area is 248 Å². The maximum Gasteiger partial charge on any atom is 0.242 e. The lowest BCUT2D eigenvalue weighted by atomic mass is 10.1. The summed E-state index contributed by atoms with van der Waals surface area (Å²) < 4.78 is 10.8. The van der Waals surface area contributed by atoms with Gasteiger partial charge in [0.1, 0.15) is 11.5 Å². The van der Waals surface area contributed by atoms with Crippen LogP contribution in [-0.4, -0.2) is 110 Å². The summed E-state index contributed by atoms with van der Waals surface area (Å²) in [7, 11) is 3.23. The normalized spacial score (nSPS) is 13.3. The van der Waals surface area contributed by atoms with Crippen molar-refractivity contribution in [3.05, 3.63) is 66.2 Å². The van der Waals surface area contributed by atoms with E-state index in [1.54, 1.807) is 19.1 Å². The van der Waals surface area contributed by atoms with Gasteiger partial charge in [0.25, 0.3) is 0 Å². The zero-order chi connectivity index (χ0) is 29.9. The van der Waals surface area contributed by atoms with Crippen LogP contribution in [0.1, 0.15) is 19.4 Å². The molecule has 0 spiro atoms. The van der Waals surface area contributed by atoms with Crippen LogP contribution in [0, 0.1) is 0 Å². The molecular formula is C32H42N6O4. The summed E-state index contributed by atoms with van der Waals surface area (Å²) in [6.07, 6.45) is 0.289. The number of amides is 2. The number of likely N-dealkylation sites (N-methyl/N-ethyl adjacent to an activating group) is 1. The molecule has 0 N–H and O–H groups in total. The highest BCUT2D eigenvalue weighted by atomic mass is 16.5. The molecule has 1 aliphatic heterocycles. The van der Waals surface area contributed by atoms with E-state index >= 15 is 0 Å². The van der Waals surface area contributed by atoms with Crippen molar-refractivity contribution in [2.45, 2.75) is 20.3 Å². The minimum absolute atomic E-state index is 0.0239. The summed E-state index contributed by atoms with van der Waals surface area (Å²) in [5.41, 5.74) is 2.49. The number of ether oxygens (including phenoxy) is 2. The summed E-state index contributed by atoms with van der Waals surface area (Å²) in [4.78, 5) is 34.6. The molecule has 1 aliphatic rings. The minimum Gasteiger partial charge on any atom is -0.497 e. The second kappa shape index (κ2) is 15.2. The molecule has 3 aromatic rings. The Bertz CT molecular complexity index is 1290. The highest BCUT2D eigenvalue weighted by molar-refractivity contribution is 5.86. The number of carbonyl (C=O) groups excluding carboxylic acids is 2. The topological polar surface area (TPSA) is 91.3 Å². The van der Waals surface area contributed by atoms with E-state index in [1.165, 1.54) is 0 Å². The number of carbonyl (C=O) groups is 2. The maximum absolute atomic E-state index is 13.4. The second-order valence-electron chi connectivity index (χ2n) is 10.2. The van der Waals surface area contributed by atoms with E-state index in [0.29, 0.717) is 49.9 Å². The van der Waals surface area contributed by atoms with Crippen molar-refractivity contribution in [2.75, 3.05) is 78.0 Å². The number of anilines is 1. The van der Waals surface area contributed by atoms with Gasteiger partial charge in [0.2, 0.25) is 11.8 Å². The van der Waals surface area contributed by atoms with Crippen molar-refractivity contribution < 1.29 is 19.1 Å². The van der Waals surface area contributed by atoms with Crippen LogP contribution in [-0.2, 0) is 16.0 Å². The van der Waals surface area contributed by atoms with Crippen molar-refractivity contribution >= 4 is 17.6 Å². The number of methoxy groups -OCH3 is 2. The van der Waals surface area contributed by atoms with E-state index in [-0.39, 0.29) is 24.8 Å². The van der Waals surface area contributed by atoms with Crippen LogP contribution in [0.3, 0.4) is 0 Å². The first-order chi connectivity index (χ1) is 20.4. The zero-order valence-electron chi connectivity index (χ0n) is 25.2. The van der Waals surface area contributed by atoms with E-state index in [1.807, 2.05) is 65.6 Å². The highest BCUT2D eigenvalue weighted by Crippen LogP contribution is 2.32. The van der Waals surface area contributed by atoms with Crippen LogP contribution < -0.4 is 14.4 Å². The van der Waals surface area contributed by atoms with E-state index in [0.717, 1.165) is 36.6 Å². The molecule has 2 amide bonds. The number of hydrogen-bond donors (Lipinski definition) is 0. The predicted molar refractivity (Wildman–Crippen MR) is 164 cm³/mol. The molecule has 1 aromatic heterocycles. The lowest BCUT2D eigenvalue weighted by molar-refractivity contribution is -0.140. The Morgan fingerprint density at radius 1 is 0.857 bits per heavy atom. The van der Waals surface area contributed by atoms with E-state index < -0.39 is 0 Å². The monoisotopic (exact) mass is 574 g/mol. The molecule has 4 rings (SSSR count). The summed E-state index contributed by atoms with van der Waals surface area (Å²) in [5.74, 6) is 2.09. The van der Waals surface area contributed by atoms with Gasteiger partial charge in [-0.15, -0.1) is 10.2 Å². The summed E-state index contributed by atoms with van der Waals surface area (Å²) in [6, 6.07) is 19.2. The Morgan fingerprint density at radius 3 is 2.21 bits per heavy atom. The molecule has 2 heterocycles. The van der Waals surface area contributed by atoms with Crippen LogP contribution >= 0.6 is 0 Å². The summed E-state index contributed by atoms with van der Waals surface area (Å²) in [5, 5.41) is 8.91. The van der Waals surface area contributed by atoms with E-state index in [9.17, 15) is 9.59 Å². The van der Waals surface area contributed by atoms with Crippen molar-refractivity contribution in [1.82, 2.24) is 24.9 Å². The molecule has 42 heavy (non-hydrogen) atoms. The Hall–Kier alpha value is -4.18. The molecule has 1 fully saturated rings. The van der Waals surface area contributed by atoms with Crippen LogP contribution in [0.5, 0.6) is 11.5 Å². The SMILES string of the molecule is CCN(CC)CCN(CC(=O)N1CCN(c2ccc(-c3ccc(OC)cc3OC)nn2)CC1)C(=O)Cc1ccccc1. The minimum atomic E-state index is -0.0244. The van der Waals surface area contributed by atoms with Gasteiger partial charge in [-0.1, -0.05) is 44.2 Å². The average Bonchev–Trinajstić information content (AvgIpc) is 3.04. The van der Waals surface area contributed by atoms with Crippen LogP contribution in [0.25, 0.3) is 11.3 Å². The standard InChI is InChI=1S/C32H42N6O4/c1-5-35(6-2)16-17-38(31(39)22-25-10-8-7-9-11-25)24-32(40)37-20-18-36(19-21-37)30-15-14-28(33-34-30)27-13-12-26(41-3)23-29(27)42-4/h7-15,23H,5-6,16-22,24H2,1-4H3. The van der Waals surface area contributed by atoms with E-state index in [2.05, 4.69) is 33.8 Å². The third kappa shape index (κ3) is 7.97. The third-order valence-corrected chi connectivity index (χ3v) is 7.75. The summed E-state index contributed by atoms with van der Waals surface area (Å²) >= 11 is 0. The Balaban J connectivity index is 1.35. The number of benzene rings is 2. The molecule has 0 unspecified atom stereocenters. The number of hydrogen-bond acceptors (Lipinski definition) is 8. The zero-order valence-corrected chi connectivity index (χ0v) is 25.2. The maximum atomic E-state index is 13.4. The molecule has 0 saturated carbocycles. The molecule has 0 aliphatic carbocycles. The fourth-order valence-electron chi connectivity index (χ4n) is 5.07. The fraction of sp³-hybridized carbons (Fsp3) is 0.438. The Kier molecular flexibility index (Phi) is 11.1. The van der Waals surface area contributed by atoms with Gasteiger partial charge in [0.05, 0.1) is 32.9 Å². The number of nitrogens with zero attached hydrogens (tertiary/aromatic N) is 6. The number of aromatic nitrogens is 2. The van der Waals surface area contributed by atoms with Crippen molar-refractivity contribution in [3.8, 4) is 22.8 Å². The van der Waals surface area contributed by atoms with E-state index in [4.69, 9.17) is 9.47 Å². The van der Waals surface area contributed by atoms with Crippen LogP contribution in [0.2, 0.25) is 0 Å². The first-order valence-electron chi connectivity index (χ1n) is 14.6. The lowest BCUT2D eigenvalue weighted by Gasteiger charge is -2.36. The molecule has 10 nitrogen and oxygen atoms in total. The molecule has 2 aromatic carbocycles. The predicted octanol–water partition coefficient (Wildman–Crippen LogP) is 3.22. The van der Waals surface area contributed by atoms with Crippen molar-refractivity contribution in [2.24, 2.45) is 0 Å². The fourth-order valence-corrected chi connectivity index (χ4v) is 5.07.